The molecule has 22 heavy (non-hydrogen) atoms. The van der Waals surface area contributed by atoms with E-state index in [4.69, 9.17) is 9.47 Å². The number of carbonyl (C=O) groups is 1. The van der Waals surface area contributed by atoms with Gasteiger partial charge in [0.1, 0.15) is 11.9 Å². The number of hydrogen-bond donors (Lipinski definition) is 0. The number of nitrogens with zero attached hydrogens (tertiary/aromatic N) is 3. The number of hydrogen-bond acceptors (Lipinski definition) is 5. The zero-order valence-corrected chi connectivity index (χ0v) is 11.5. The van der Waals surface area contributed by atoms with E-state index in [2.05, 4.69) is 9.97 Å². The highest BCUT2D eigenvalue weighted by Crippen LogP contribution is 2.47. The largest absolute Gasteiger partial charge is 0.435 e. The summed E-state index contributed by atoms with van der Waals surface area (Å²) in [4.78, 5) is 20.8. The summed E-state index contributed by atoms with van der Waals surface area (Å²) in [7, 11) is 0. The molecule has 0 aliphatic carbocycles. The molecule has 1 amide bonds. The van der Waals surface area contributed by atoms with Crippen molar-refractivity contribution in [3.05, 3.63) is 54.2 Å². The highest BCUT2D eigenvalue weighted by atomic mass is 19.1. The van der Waals surface area contributed by atoms with Crippen molar-refractivity contribution in [2.75, 3.05) is 18.1 Å². The Morgan fingerprint density at radius 1 is 1.23 bits per heavy atom. The van der Waals surface area contributed by atoms with Gasteiger partial charge in [0.15, 0.2) is 5.60 Å². The topological polar surface area (TPSA) is 64.6 Å². The first-order valence-electron chi connectivity index (χ1n) is 6.83. The first-order valence-corrected chi connectivity index (χ1v) is 6.83. The van der Waals surface area contributed by atoms with E-state index in [1.54, 1.807) is 0 Å². The summed E-state index contributed by atoms with van der Waals surface area (Å²) in [6.07, 6.45) is -0.173. The molecule has 1 atom stereocenters. The Morgan fingerprint density at radius 2 is 2.00 bits per heavy atom. The summed E-state index contributed by atoms with van der Waals surface area (Å²) in [5, 5.41) is 0. The molecule has 2 aromatic rings. The SMILES string of the molecule is O=C1OC2(COC2)C(c2ccccc2)N1c1ccnc(F)n1. The molecule has 1 aromatic carbocycles. The molecule has 2 fully saturated rings. The smallest absolute Gasteiger partial charge is 0.417 e. The van der Waals surface area contributed by atoms with Crippen LogP contribution in [0.15, 0.2) is 42.6 Å². The summed E-state index contributed by atoms with van der Waals surface area (Å²) < 4.78 is 24.1. The van der Waals surface area contributed by atoms with Crippen molar-refractivity contribution in [2.24, 2.45) is 0 Å². The monoisotopic (exact) mass is 301 g/mol. The van der Waals surface area contributed by atoms with Crippen LogP contribution in [0.1, 0.15) is 11.6 Å². The third-order valence-electron chi connectivity index (χ3n) is 3.91. The highest BCUT2D eigenvalue weighted by molar-refractivity contribution is 5.90. The molecule has 4 rings (SSSR count). The fraction of sp³-hybridized carbons (Fsp3) is 0.267. The lowest BCUT2D eigenvalue weighted by atomic mass is 9.86. The molecule has 0 radical (unpaired) electrons. The van der Waals surface area contributed by atoms with Gasteiger partial charge in [0.25, 0.3) is 0 Å². The van der Waals surface area contributed by atoms with Gasteiger partial charge in [-0.25, -0.2) is 14.7 Å². The van der Waals surface area contributed by atoms with Gasteiger partial charge >= 0.3 is 12.2 Å². The van der Waals surface area contributed by atoms with E-state index in [9.17, 15) is 9.18 Å². The van der Waals surface area contributed by atoms with Crippen LogP contribution in [-0.4, -0.2) is 34.9 Å². The number of aromatic nitrogens is 2. The van der Waals surface area contributed by atoms with E-state index in [0.717, 1.165) is 5.56 Å². The molecule has 2 saturated heterocycles. The number of carbonyl (C=O) groups excluding carboxylic acids is 1. The molecule has 2 aliphatic heterocycles. The molecule has 2 aliphatic rings. The number of amides is 1. The Kier molecular flexibility index (Phi) is 2.83. The first kappa shape index (κ1) is 13.1. The third-order valence-corrected chi connectivity index (χ3v) is 3.91. The number of halogens is 1. The van der Waals surface area contributed by atoms with Crippen molar-refractivity contribution < 1.29 is 18.7 Å². The second-order valence-electron chi connectivity index (χ2n) is 5.29. The van der Waals surface area contributed by atoms with E-state index >= 15 is 0 Å². The lowest BCUT2D eigenvalue weighted by Gasteiger charge is -2.40. The second-order valence-corrected chi connectivity index (χ2v) is 5.29. The average Bonchev–Trinajstić information content (AvgIpc) is 2.82. The van der Waals surface area contributed by atoms with Crippen molar-refractivity contribution >= 4 is 11.9 Å². The van der Waals surface area contributed by atoms with Gasteiger partial charge in [-0.2, -0.15) is 9.37 Å². The lowest BCUT2D eigenvalue weighted by molar-refractivity contribution is -0.170. The van der Waals surface area contributed by atoms with Crippen LogP contribution in [0.2, 0.25) is 0 Å². The zero-order valence-electron chi connectivity index (χ0n) is 11.5. The van der Waals surface area contributed by atoms with Crippen molar-refractivity contribution in [3.8, 4) is 0 Å². The normalized spacial score (nSPS) is 22.5. The standard InChI is InChI=1S/C15H12FN3O3/c16-13-17-7-6-11(18-13)19-12(10-4-2-1-3-5-10)15(8-21-9-15)22-14(19)20/h1-7,12H,8-9H2. The van der Waals surface area contributed by atoms with Crippen LogP contribution in [-0.2, 0) is 9.47 Å². The summed E-state index contributed by atoms with van der Waals surface area (Å²) in [5.74, 6) is 0.176. The average molecular weight is 301 g/mol. The molecule has 0 saturated carbocycles. The van der Waals surface area contributed by atoms with Crippen molar-refractivity contribution in [2.45, 2.75) is 11.6 Å². The van der Waals surface area contributed by atoms with E-state index in [1.807, 2.05) is 30.3 Å². The molecular weight excluding hydrogens is 289 g/mol. The maximum absolute atomic E-state index is 13.3. The van der Waals surface area contributed by atoms with Crippen LogP contribution in [0, 0.1) is 6.08 Å². The molecule has 0 N–H and O–H groups in total. The molecule has 112 valence electrons. The van der Waals surface area contributed by atoms with Crippen LogP contribution in [0.4, 0.5) is 15.0 Å². The Hall–Kier alpha value is -2.54. The fourth-order valence-corrected chi connectivity index (χ4v) is 2.91. The van der Waals surface area contributed by atoms with Gasteiger partial charge in [0, 0.05) is 6.20 Å². The molecule has 0 bridgehead atoms. The Balaban J connectivity index is 1.83. The fourth-order valence-electron chi connectivity index (χ4n) is 2.91. The third kappa shape index (κ3) is 1.86. The van der Waals surface area contributed by atoms with Crippen LogP contribution in [0.3, 0.4) is 0 Å². The molecule has 1 spiro atoms. The van der Waals surface area contributed by atoms with E-state index < -0.39 is 23.8 Å². The van der Waals surface area contributed by atoms with Gasteiger partial charge in [-0.15, -0.1) is 0 Å². The van der Waals surface area contributed by atoms with Crippen LogP contribution < -0.4 is 4.90 Å². The maximum Gasteiger partial charge on any atom is 0.417 e. The second kappa shape index (κ2) is 4.74. The molecule has 6 nitrogen and oxygen atoms in total. The predicted molar refractivity (Wildman–Crippen MR) is 73.7 cm³/mol. The molecule has 1 aromatic heterocycles. The summed E-state index contributed by atoms with van der Waals surface area (Å²) in [6, 6.07) is 10.5. The minimum Gasteiger partial charge on any atom is -0.435 e. The van der Waals surface area contributed by atoms with Crippen LogP contribution in [0.25, 0.3) is 0 Å². The minimum atomic E-state index is -0.886. The summed E-state index contributed by atoms with van der Waals surface area (Å²) >= 11 is 0. The highest BCUT2D eigenvalue weighted by Gasteiger charge is 2.60. The minimum absolute atomic E-state index is 0.176. The first-order chi connectivity index (χ1) is 10.7. The predicted octanol–water partition coefficient (Wildman–Crippen LogP) is 2.08. The zero-order chi connectivity index (χ0) is 15.2. The van der Waals surface area contributed by atoms with Gasteiger partial charge in [0.05, 0.1) is 13.2 Å². The van der Waals surface area contributed by atoms with E-state index in [0.29, 0.717) is 13.2 Å². The van der Waals surface area contributed by atoms with Crippen molar-refractivity contribution in [1.29, 1.82) is 0 Å². The van der Waals surface area contributed by atoms with Gasteiger partial charge in [0.2, 0.25) is 0 Å². The molecule has 7 heteroatoms. The number of ether oxygens (including phenoxy) is 2. The van der Waals surface area contributed by atoms with E-state index in [1.165, 1.54) is 17.2 Å². The Labute approximate surface area is 125 Å². The van der Waals surface area contributed by atoms with Crippen LogP contribution >= 0.6 is 0 Å². The van der Waals surface area contributed by atoms with Gasteiger partial charge < -0.3 is 9.47 Å². The summed E-state index contributed by atoms with van der Waals surface area (Å²) in [5.41, 5.74) is 0.135. The van der Waals surface area contributed by atoms with Crippen molar-refractivity contribution in [1.82, 2.24) is 9.97 Å². The molecular formula is C15H12FN3O3. The summed E-state index contributed by atoms with van der Waals surface area (Å²) in [6.45, 7) is 0.616. The van der Waals surface area contributed by atoms with E-state index in [-0.39, 0.29) is 5.82 Å². The van der Waals surface area contributed by atoms with Gasteiger partial charge in [-0.05, 0) is 11.6 Å². The Morgan fingerprint density at radius 3 is 2.64 bits per heavy atom. The number of benzene rings is 1. The Bertz CT molecular complexity index is 721. The lowest BCUT2D eigenvalue weighted by Crippen LogP contribution is -2.54. The van der Waals surface area contributed by atoms with Gasteiger partial charge in [-0.1, -0.05) is 30.3 Å². The quantitative estimate of drug-likeness (QED) is 0.795. The van der Waals surface area contributed by atoms with Gasteiger partial charge in [-0.3, -0.25) is 0 Å². The molecule has 1 unspecified atom stereocenters. The maximum atomic E-state index is 13.3. The van der Waals surface area contributed by atoms with Crippen molar-refractivity contribution in [3.63, 3.8) is 0 Å². The number of rotatable bonds is 2. The van der Waals surface area contributed by atoms with Crippen LogP contribution in [0.5, 0.6) is 0 Å². The number of anilines is 1. The molecule has 3 heterocycles.